The molecular weight excluding hydrogens is 344 g/mol. The lowest BCUT2D eigenvalue weighted by molar-refractivity contribution is -0.121. The van der Waals surface area contributed by atoms with Crippen molar-refractivity contribution >= 4 is 22.9 Å². The van der Waals surface area contributed by atoms with E-state index in [9.17, 15) is 4.79 Å². The number of fused-ring (bicyclic) bond motifs is 1. The standard InChI is InChI=1S/C21H20N2O2S/c1-13-6-4-5-7-17(13)11-23-18-10-16(21-14(2)26-15(3)22-21)8-9-19(18)25-12-20(23)24/h4-10H,11-12H2,1-3H3. The predicted octanol–water partition coefficient (Wildman–Crippen LogP) is 4.66. The van der Waals surface area contributed by atoms with Crippen LogP contribution in [0.25, 0.3) is 11.3 Å². The van der Waals surface area contributed by atoms with E-state index in [1.807, 2.05) is 42.2 Å². The zero-order valence-corrected chi connectivity index (χ0v) is 15.9. The number of aryl methyl sites for hydroxylation is 3. The first-order valence-electron chi connectivity index (χ1n) is 8.59. The number of amides is 1. The minimum absolute atomic E-state index is 0.0240. The van der Waals surface area contributed by atoms with Crippen molar-refractivity contribution in [3.8, 4) is 17.0 Å². The Kier molecular flexibility index (Phi) is 4.24. The lowest BCUT2D eigenvalue weighted by atomic mass is 10.1. The third-order valence-electron chi connectivity index (χ3n) is 4.67. The van der Waals surface area contributed by atoms with Crippen LogP contribution in [0, 0.1) is 20.8 Å². The van der Waals surface area contributed by atoms with Crippen LogP contribution in [0.3, 0.4) is 0 Å². The third-order valence-corrected chi connectivity index (χ3v) is 5.55. The molecule has 2 heterocycles. The van der Waals surface area contributed by atoms with Gasteiger partial charge in [0, 0.05) is 10.4 Å². The van der Waals surface area contributed by atoms with Crippen molar-refractivity contribution in [3.05, 3.63) is 63.5 Å². The summed E-state index contributed by atoms with van der Waals surface area (Å²) in [6.07, 6.45) is 0. The predicted molar refractivity (Wildman–Crippen MR) is 105 cm³/mol. The number of hydrogen-bond donors (Lipinski definition) is 0. The van der Waals surface area contributed by atoms with E-state index in [4.69, 9.17) is 4.74 Å². The average molecular weight is 364 g/mol. The second-order valence-corrected chi connectivity index (χ2v) is 7.92. The maximum Gasteiger partial charge on any atom is 0.265 e. The second-order valence-electron chi connectivity index (χ2n) is 6.52. The van der Waals surface area contributed by atoms with Crippen molar-refractivity contribution in [1.29, 1.82) is 0 Å². The third kappa shape index (κ3) is 2.99. The lowest BCUT2D eigenvalue weighted by Gasteiger charge is -2.30. The van der Waals surface area contributed by atoms with Gasteiger partial charge in [0.2, 0.25) is 0 Å². The highest BCUT2D eigenvalue weighted by Crippen LogP contribution is 2.38. The van der Waals surface area contributed by atoms with Crippen molar-refractivity contribution < 1.29 is 9.53 Å². The fourth-order valence-corrected chi connectivity index (χ4v) is 4.12. The molecule has 0 saturated heterocycles. The van der Waals surface area contributed by atoms with E-state index in [0.29, 0.717) is 6.54 Å². The topological polar surface area (TPSA) is 42.4 Å². The number of ether oxygens (including phenoxy) is 1. The summed E-state index contributed by atoms with van der Waals surface area (Å²) in [5, 5.41) is 1.04. The summed E-state index contributed by atoms with van der Waals surface area (Å²) in [7, 11) is 0. The second kappa shape index (κ2) is 6.57. The monoisotopic (exact) mass is 364 g/mol. The fraction of sp³-hybridized carbons (Fsp3) is 0.238. The highest BCUT2D eigenvalue weighted by molar-refractivity contribution is 7.11. The summed E-state index contributed by atoms with van der Waals surface area (Å²) >= 11 is 1.68. The van der Waals surface area contributed by atoms with E-state index >= 15 is 0 Å². The van der Waals surface area contributed by atoms with Crippen LogP contribution in [0.15, 0.2) is 42.5 Å². The first kappa shape index (κ1) is 16.8. The largest absolute Gasteiger partial charge is 0.482 e. The molecule has 4 rings (SSSR count). The molecule has 4 nitrogen and oxygen atoms in total. The minimum Gasteiger partial charge on any atom is -0.482 e. The van der Waals surface area contributed by atoms with Gasteiger partial charge in [-0.05, 0) is 50.1 Å². The smallest absolute Gasteiger partial charge is 0.265 e. The maximum atomic E-state index is 12.6. The molecule has 0 spiro atoms. The van der Waals surface area contributed by atoms with Crippen molar-refractivity contribution in [1.82, 2.24) is 4.98 Å². The molecule has 0 radical (unpaired) electrons. The van der Waals surface area contributed by atoms with E-state index in [1.165, 1.54) is 10.4 Å². The number of hydrogen-bond acceptors (Lipinski definition) is 4. The zero-order chi connectivity index (χ0) is 18.3. The van der Waals surface area contributed by atoms with Crippen LogP contribution < -0.4 is 9.64 Å². The Labute approximate surface area is 157 Å². The van der Waals surface area contributed by atoms with Gasteiger partial charge < -0.3 is 9.64 Å². The summed E-state index contributed by atoms with van der Waals surface area (Å²) in [6, 6.07) is 14.1. The molecule has 3 aromatic rings. The summed E-state index contributed by atoms with van der Waals surface area (Å²) in [4.78, 5) is 20.2. The van der Waals surface area contributed by atoms with Crippen LogP contribution >= 0.6 is 11.3 Å². The van der Waals surface area contributed by atoms with Gasteiger partial charge in [-0.3, -0.25) is 4.79 Å². The van der Waals surface area contributed by atoms with Crippen LogP contribution in [0.4, 0.5) is 5.69 Å². The Morgan fingerprint density at radius 3 is 2.69 bits per heavy atom. The van der Waals surface area contributed by atoms with Crippen LogP contribution in [-0.4, -0.2) is 17.5 Å². The van der Waals surface area contributed by atoms with Gasteiger partial charge in [0.25, 0.3) is 5.91 Å². The van der Waals surface area contributed by atoms with Crippen molar-refractivity contribution in [3.63, 3.8) is 0 Å². The molecule has 1 amide bonds. The molecule has 132 valence electrons. The first-order chi connectivity index (χ1) is 12.5. The van der Waals surface area contributed by atoms with Crippen LogP contribution in [0.1, 0.15) is 21.0 Å². The van der Waals surface area contributed by atoms with Crippen LogP contribution in [-0.2, 0) is 11.3 Å². The summed E-state index contributed by atoms with van der Waals surface area (Å²) in [6.45, 7) is 6.77. The summed E-state index contributed by atoms with van der Waals surface area (Å²) < 4.78 is 5.65. The van der Waals surface area contributed by atoms with Gasteiger partial charge in [0.15, 0.2) is 6.61 Å². The Balaban J connectivity index is 1.76. The van der Waals surface area contributed by atoms with Crippen molar-refractivity contribution in [2.24, 2.45) is 0 Å². The van der Waals surface area contributed by atoms with Crippen LogP contribution in [0.2, 0.25) is 0 Å². The van der Waals surface area contributed by atoms with Gasteiger partial charge in [-0.1, -0.05) is 24.3 Å². The molecule has 0 bridgehead atoms. The zero-order valence-electron chi connectivity index (χ0n) is 15.1. The highest BCUT2D eigenvalue weighted by atomic mass is 32.1. The molecule has 1 aromatic heterocycles. The van der Waals surface area contributed by atoms with Crippen LogP contribution in [0.5, 0.6) is 5.75 Å². The number of carbonyl (C=O) groups is 1. The van der Waals surface area contributed by atoms with Gasteiger partial charge in [-0.2, -0.15) is 0 Å². The lowest BCUT2D eigenvalue weighted by Crippen LogP contribution is -2.38. The molecule has 0 aliphatic carbocycles. The summed E-state index contributed by atoms with van der Waals surface area (Å²) in [5.74, 6) is 0.718. The van der Waals surface area contributed by atoms with E-state index in [-0.39, 0.29) is 12.5 Å². The van der Waals surface area contributed by atoms with Gasteiger partial charge >= 0.3 is 0 Å². The van der Waals surface area contributed by atoms with E-state index in [2.05, 4.69) is 31.0 Å². The van der Waals surface area contributed by atoms with E-state index in [0.717, 1.165) is 33.3 Å². The van der Waals surface area contributed by atoms with Gasteiger partial charge in [0.1, 0.15) is 5.75 Å². The molecule has 0 saturated carbocycles. The molecule has 0 fully saturated rings. The normalized spacial score (nSPS) is 13.5. The number of anilines is 1. The fourth-order valence-electron chi connectivity index (χ4n) is 3.28. The number of rotatable bonds is 3. The van der Waals surface area contributed by atoms with Crippen molar-refractivity contribution in [2.75, 3.05) is 11.5 Å². The molecule has 5 heteroatoms. The van der Waals surface area contributed by atoms with E-state index < -0.39 is 0 Å². The molecule has 0 N–H and O–H groups in total. The quantitative estimate of drug-likeness (QED) is 0.679. The Morgan fingerprint density at radius 2 is 1.96 bits per heavy atom. The molecule has 1 aliphatic heterocycles. The average Bonchev–Trinajstić information content (AvgIpc) is 2.97. The number of benzene rings is 2. The number of thiazole rings is 1. The Bertz CT molecular complexity index is 993. The first-order valence-corrected chi connectivity index (χ1v) is 9.40. The Hall–Kier alpha value is -2.66. The number of carbonyl (C=O) groups excluding carboxylic acids is 1. The Morgan fingerprint density at radius 1 is 1.15 bits per heavy atom. The SMILES string of the molecule is Cc1nc(-c2ccc3c(c2)N(Cc2ccccc2C)C(=O)CO3)c(C)s1. The number of aromatic nitrogens is 1. The molecule has 0 unspecified atom stereocenters. The maximum absolute atomic E-state index is 12.6. The molecule has 2 aromatic carbocycles. The molecule has 0 atom stereocenters. The molecule has 1 aliphatic rings. The van der Waals surface area contributed by atoms with Crippen molar-refractivity contribution in [2.45, 2.75) is 27.3 Å². The van der Waals surface area contributed by atoms with Gasteiger partial charge in [0.05, 0.1) is 22.9 Å². The van der Waals surface area contributed by atoms with E-state index in [1.54, 1.807) is 11.3 Å². The summed E-state index contributed by atoms with van der Waals surface area (Å²) in [5.41, 5.74) is 5.12. The van der Waals surface area contributed by atoms with Gasteiger partial charge in [-0.25, -0.2) is 4.98 Å². The molecule has 26 heavy (non-hydrogen) atoms. The highest BCUT2D eigenvalue weighted by Gasteiger charge is 2.27. The van der Waals surface area contributed by atoms with Gasteiger partial charge in [-0.15, -0.1) is 11.3 Å². The molecular formula is C21H20N2O2S. The minimum atomic E-state index is -0.0240. The number of nitrogens with zero attached hydrogens (tertiary/aromatic N) is 2.